The molecular formula is C18H22N2O5. The predicted octanol–water partition coefficient (Wildman–Crippen LogP) is 0.515. The van der Waals surface area contributed by atoms with Crippen molar-refractivity contribution in [2.75, 3.05) is 33.4 Å². The Morgan fingerprint density at radius 3 is 2.96 bits per heavy atom. The van der Waals surface area contributed by atoms with Gasteiger partial charge in [0, 0.05) is 24.7 Å². The molecule has 0 saturated carbocycles. The van der Waals surface area contributed by atoms with Crippen LogP contribution in [-0.4, -0.2) is 55.2 Å². The van der Waals surface area contributed by atoms with E-state index in [9.17, 15) is 14.4 Å². The highest BCUT2D eigenvalue weighted by Gasteiger charge is 2.57. The number of carbonyl (C=O) groups excluding carboxylic acids is 2. The number of H-pyrrole nitrogens is 1. The number of nitrogens with zero attached hydrogens (tertiary/aromatic N) is 1. The maximum Gasteiger partial charge on any atom is 0.316 e. The summed E-state index contributed by atoms with van der Waals surface area (Å²) in [6, 6.07) is 1.74. The number of aromatic amines is 1. The molecule has 0 unspecified atom stereocenters. The quantitative estimate of drug-likeness (QED) is 0.789. The van der Waals surface area contributed by atoms with Gasteiger partial charge in [0.05, 0.1) is 20.3 Å². The lowest BCUT2D eigenvalue weighted by Crippen LogP contribution is -2.41. The molecule has 134 valence electrons. The van der Waals surface area contributed by atoms with Crippen LogP contribution >= 0.6 is 0 Å². The number of methoxy groups -OCH3 is 1. The summed E-state index contributed by atoms with van der Waals surface area (Å²) < 4.78 is 10.4. The first-order valence-corrected chi connectivity index (χ1v) is 8.75. The fourth-order valence-corrected chi connectivity index (χ4v) is 4.39. The Balaban J connectivity index is 1.62. The molecule has 2 aliphatic heterocycles. The summed E-state index contributed by atoms with van der Waals surface area (Å²) in [6.45, 7) is 1.33. The first-order chi connectivity index (χ1) is 12.0. The van der Waals surface area contributed by atoms with Gasteiger partial charge in [-0.15, -0.1) is 0 Å². The molecule has 0 aromatic carbocycles. The van der Waals surface area contributed by atoms with Crippen molar-refractivity contribution in [3.8, 4) is 0 Å². The molecule has 1 aromatic rings. The average Bonchev–Trinajstić information content (AvgIpc) is 3.18. The van der Waals surface area contributed by atoms with Crippen LogP contribution in [0.4, 0.5) is 0 Å². The van der Waals surface area contributed by atoms with Crippen molar-refractivity contribution in [3.63, 3.8) is 0 Å². The van der Waals surface area contributed by atoms with Crippen molar-refractivity contribution in [1.82, 2.24) is 9.88 Å². The van der Waals surface area contributed by atoms with Gasteiger partial charge in [0.15, 0.2) is 0 Å². The summed E-state index contributed by atoms with van der Waals surface area (Å²) in [6.07, 6.45) is 3.87. The van der Waals surface area contributed by atoms with E-state index < -0.39 is 5.41 Å². The molecule has 7 heteroatoms. The van der Waals surface area contributed by atoms with Gasteiger partial charge in [0.2, 0.25) is 0 Å². The second-order valence-corrected chi connectivity index (χ2v) is 7.27. The van der Waals surface area contributed by atoms with E-state index in [4.69, 9.17) is 9.47 Å². The lowest BCUT2D eigenvalue weighted by Gasteiger charge is -2.24. The van der Waals surface area contributed by atoms with Crippen molar-refractivity contribution in [2.45, 2.75) is 25.7 Å². The molecule has 0 spiro atoms. The maximum absolute atomic E-state index is 13.0. The summed E-state index contributed by atoms with van der Waals surface area (Å²) >= 11 is 0. The van der Waals surface area contributed by atoms with Gasteiger partial charge in [-0.05, 0) is 37.3 Å². The van der Waals surface area contributed by atoms with Crippen LogP contribution in [0.2, 0.25) is 0 Å². The number of amides is 1. The van der Waals surface area contributed by atoms with Crippen LogP contribution in [-0.2, 0) is 27.1 Å². The molecule has 25 heavy (non-hydrogen) atoms. The van der Waals surface area contributed by atoms with Crippen molar-refractivity contribution >= 4 is 11.9 Å². The number of pyridine rings is 1. The number of likely N-dealkylation sites (tertiary alicyclic amines) is 1. The topological polar surface area (TPSA) is 88.7 Å². The average molecular weight is 346 g/mol. The second-order valence-electron chi connectivity index (χ2n) is 7.27. The van der Waals surface area contributed by atoms with Gasteiger partial charge in [-0.3, -0.25) is 14.4 Å². The molecule has 7 nitrogen and oxygen atoms in total. The maximum atomic E-state index is 13.0. The van der Waals surface area contributed by atoms with Crippen molar-refractivity contribution in [3.05, 3.63) is 33.2 Å². The van der Waals surface area contributed by atoms with E-state index in [1.54, 1.807) is 11.0 Å². The number of aromatic nitrogens is 1. The highest BCUT2D eigenvalue weighted by molar-refractivity contribution is 5.95. The van der Waals surface area contributed by atoms with Gasteiger partial charge in [-0.25, -0.2) is 0 Å². The molecule has 1 aliphatic carbocycles. The largest absolute Gasteiger partial charge is 0.468 e. The smallest absolute Gasteiger partial charge is 0.316 e. The van der Waals surface area contributed by atoms with Crippen LogP contribution in [0.25, 0.3) is 0 Å². The number of hydrogen-bond donors (Lipinski definition) is 1. The Bertz CT molecular complexity index is 786. The first kappa shape index (κ1) is 16.3. The minimum atomic E-state index is -0.800. The molecule has 1 aromatic heterocycles. The molecular weight excluding hydrogens is 324 g/mol. The van der Waals surface area contributed by atoms with Gasteiger partial charge in [0.1, 0.15) is 11.0 Å². The molecule has 2 saturated heterocycles. The number of nitrogens with one attached hydrogen (secondary N) is 1. The van der Waals surface area contributed by atoms with E-state index in [1.807, 2.05) is 0 Å². The van der Waals surface area contributed by atoms with E-state index in [0.29, 0.717) is 13.2 Å². The van der Waals surface area contributed by atoms with Crippen molar-refractivity contribution < 1.29 is 19.1 Å². The molecule has 3 aliphatic rings. The third-order valence-corrected chi connectivity index (χ3v) is 5.82. The third-order valence-electron chi connectivity index (χ3n) is 5.82. The van der Waals surface area contributed by atoms with Crippen molar-refractivity contribution in [2.24, 2.45) is 11.3 Å². The van der Waals surface area contributed by atoms with Gasteiger partial charge in [-0.1, -0.05) is 0 Å². The Labute approximate surface area is 145 Å². The van der Waals surface area contributed by atoms with E-state index in [0.717, 1.165) is 36.9 Å². The van der Waals surface area contributed by atoms with E-state index >= 15 is 0 Å². The number of carbonyl (C=O) groups is 2. The molecule has 1 amide bonds. The fourth-order valence-electron chi connectivity index (χ4n) is 4.39. The molecule has 2 atom stereocenters. The zero-order valence-corrected chi connectivity index (χ0v) is 14.3. The Morgan fingerprint density at radius 2 is 2.16 bits per heavy atom. The zero-order chi connectivity index (χ0) is 17.6. The van der Waals surface area contributed by atoms with E-state index in [1.165, 1.54) is 7.11 Å². The fraction of sp³-hybridized carbons (Fsp3) is 0.611. The normalized spacial score (nSPS) is 27.7. The SMILES string of the molecule is COC(=O)[C@@]12COC[C@@H]1CN(C(=O)c1cc3c([nH]c1=O)CCCC3)C2. The molecule has 1 N–H and O–H groups in total. The second kappa shape index (κ2) is 5.98. The van der Waals surface area contributed by atoms with Crippen molar-refractivity contribution in [1.29, 1.82) is 0 Å². The Kier molecular flexibility index (Phi) is 3.91. The highest BCUT2D eigenvalue weighted by Crippen LogP contribution is 2.42. The number of esters is 1. The zero-order valence-electron chi connectivity index (χ0n) is 14.3. The summed E-state index contributed by atoms with van der Waals surface area (Å²) in [5.74, 6) is -0.738. The summed E-state index contributed by atoms with van der Waals surface area (Å²) in [5, 5.41) is 0. The minimum absolute atomic E-state index is 0.0828. The van der Waals surface area contributed by atoms with Gasteiger partial charge < -0.3 is 19.4 Å². The molecule has 4 rings (SSSR count). The Morgan fingerprint density at radius 1 is 1.36 bits per heavy atom. The van der Waals surface area contributed by atoms with Gasteiger partial charge >= 0.3 is 5.97 Å². The summed E-state index contributed by atoms with van der Waals surface area (Å²) in [4.78, 5) is 42.1. The number of rotatable bonds is 2. The monoisotopic (exact) mass is 346 g/mol. The van der Waals surface area contributed by atoms with Crippen LogP contribution in [0.1, 0.15) is 34.5 Å². The van der Waals surface area contributed by atoms with E-state index in [-0.39, 0.29) is 42.1 Å². The highest BCUT2D eigenvalue weighted by atomic mass is 16.5. The first-order valence-electron chi connectivity index (χ1n) is 8.75. The Hall–Kier alpha value is -2.15. The van der Waals surface area contributed by atoms with Crippen LogP contribution in [0.3, 0.4) is 0 Å². The van der Waals surface area contributed by atoms with Crippen LogP contribution in [0, 0.1) is 11.3 Å². The minimum Gasteiger partial charge on any atom is -0.468 e. The van der Waals surface area contributed by atoms with Gasteiger partial charge in [-0.2, -0.15) is 0 Å². The predicted molar refractivity (Wildman–Crippen MR) is 88.4 cm³/mol. The van der Waals surface area contributed by atoms with Gasteiger partial charge in [0.25, 0.3) is 11.5 Å². The molecule has 0 radical (unpaired) electrons. The third kappa shape index (κ3) is 2.49. The number of fused-ring (bicyclic) bond motifs is 2. The van der Waals surface area contributed by atoms with E-state index in [2.05, 4.69) is 4.98 Å². The number of hydrogen-bond acceptors (Lipinski definition) is 5. The lowest BCUT2D eigenvalue weighted by atomic mass is 9.81. The molecule has 3 heterocycles. The standard InChI is InChI=1S/C18H22N2O5/c1-24-17(23)18-9-20(7-12(18)8-25-10-18)16(22)13-6-11-4-2-3-5-14(11)19-15(13)21/h6,12H,2-5,7-10H2,1H3,(H,19,21)/t12-,18-/m0/s1. The molecule has 0 bridgehead atoms. The lowest BCUT2D eigenvalue weighted by molar-refractivity contribution is -0.153. The number of aryl methyl sites for hydroxylation is 2. The number of ether oxygens (including phenoxy) is 2. The summed E-state index contributed by atoms with van der Waals surface area (Å²) in [7, 11) is 1.35. The summed E-state index contributed by atoms with van der Waals surface area (Å²) in [5.41, 5.74) is 1.03. The van der Waals surface area contributed by atoms with Crippen LogP contribution in [0.15, 0.2) is 10.9 Å². The van der Waals surface area contributed by atoms with Crippen LogP contribution in [0.5, 0.6) is 0 Å². The molecule has 2 fully saturated rings. The van der Waals surface area contributed by atoms with Crippen LogP contribution < -0.4 is 5.56 Å².